The van der Waals surface area contributed by atoms with E-state index in [0.717, 1.165) is 18.9 Å². The number of fused-ring (bicyclic) bond motifs is 1. The van der Waals surface area contributed by atoms with Crippen LogP contribution < -0.4 is 11.2 Å². The molecule has 0 radical (unpaired) electrons. The van der Waals surface area contributed by atoms with Crippen molar-refractivity contribution in [1.82, 2.24) is 19.1 Å². The minimum absolute atomic E-state index is 0.0102. The number of H-pyrrole nitrogens is 1. The summed E-state index contributed by atoms with van der Waals surface area (Å²) in [7, 11) is 1.59. The molecule has 0 bridgehead atoms. The highest BCUT2D eigenvalue weighted by Gasteiger charge is 2.17. The molecular weight excluding hydrogens is 442 g/mol. The van der Waals surface area contributed by atoms with Gasteiger partial charge in [0, 0.05) is 25.7 Å². The molecule has 32 heavy (non-hydrogen) atoms. The van der Waals surface area contributed by atoms with Gasteiger partial charge in [0.1, 0.15) is 17.5 Å². The number of imidazole rings is 1. The largest absolute Gasteiger partial charge is 0.454 e. The number of nitrogens with one attached hydrogen (secondary N) is 1. The lowest BCUT2D eigenvalue weighted by molar-refractivity contribution is -0.384. The summed E-state index contributed by atoms with van der Waals surface area (Å²) >= 11 is 5.77. The van der Waals surface area contributed by atoms with Crippen LogP contribution in [0.15, 0.2) is 33.9 Å². The number of benzene rings is 1. The smallest absolute Gasteiger partial charge is 0.331 e. The molecule has 0 unspecified atom stereocenters. The standard InChI is InChI=1S/C20H20ClN5O6/c1-3-4-9-25-18-17(19(28)23-20(25)29)24(2)15(22-18)11-32-16(27)8-6-12-5-7-13(21)14(10-12)26(30)31/h5-8,10H,3-4,9,11H2,1-2H3,(H,23,28,29)/b8-6+. The van der Waals surface area contributed by atoms with E-state index in [1.165, 1.54) is 33.4 Å². The average molecular weight is 462 g/mol. The lowest BCUT2D eigenvalue weighted by Crippen LogP contribution is -2.31. The molecule has 168 valence electrons. The number of aromatic amines is 1. The van der Waals surface area contributed by atoms with Crippen molar-refractivity contribution in [3.05, 3.63) is 71.6 Å². The molecule has 1 aromatic carbocycles. The first-order valence-corrected chi connectivity index (χ1v) is 10.1. The van der Waals surface area contributed by atoms with Gasteiger partial charge in [-0.2, -0.15) is 0 Å². The van der Waals surface area contributed by atoms with E-state index < -0.39 is 22.1 Å². The number of hydrogen-bond acceptors (Lipinski definition) is 7. The van der Waals surface area contributed by atoms with Gasteiger partial charge in [0.05, 0.1) is 4.92 Å². The fourth-order valence-electron chi connectivity index (χ4n) is 3.07. The Morgan fingerprint density at radius 2 is 2.12 bits per heavy atom. The number of aromatic nitrogens is 4. The predicted molar refractivity (Wildman–Crippen MR) is 117 cm³/mol. The molecule has 0 spiro atoms. The molecule has 0 atom stereocenters. The van der Waals surface area contributed by atoms with Crippen LogP contribution in [-0.4, -0.2) is 30.0 Å². The van der Waals surface area contributed by atoms with E-state index in [2.05, 4.69) is 9.97 Å². The van der Waals surface area contributed by atoms with Crippen molar-refractivity contribution >= 4 is 40.5 Å². The first kappa shape index (κ1) is 22.9. The van der Waals surface area contributed by atoms with Crippen LogP contribution in [0.1, 0.15) is 31.2 Å². The van der Waals surface area contributed by atoms with E-state index in [1.807, 2.05) is 6.92 Å². The van der Waals surface area contributed by atoms with Gasteiger partial charge in [-0.25, -0.2) is 14.6 Å². The summed E-state index contributed by atoms with van der Waals surface area (Å²) in [5, 5.41) is 10.9. The summed E-state index contributed by atoms with van der Waals surface area (Å²) in [5.74, 6) is -0.433. The highest BCUT2D eigenvalue weighted by Crippen LogP contribution is 2.25. The van der Waals surface area contributed by atoms with Gasteiger partial charge in [-0.05, 0) is 24.1 Å². The van der Waals surface area contributed by atoms with Crippen molar-refractivity contribution in [3.8, 4) is 0 Å². The maximum absolute atomic E-state index is 12.3. The zero-order chi connectivity index (χ0) is 23.4. The minimum Gasteiger partial charge on any atom is -0.454 e. The first-order valence-electron chi connectivity index (χ1n) is 9.70. The number of nitro benzene ring substituents is 1. The molecule has 11 nitrogen and oxygen atoms in total. The summed E-state index contributed by atoms with van der Waals surface area (Å²) in [6.07, 6.45) is 4.05. The van der Waals surface area contributed by atoms with Gasteiger partial charge in [-0.3, -0.25) is 24.5 Å². The van der Waals surface area contributed by atoms with Crippen molar-refractivity contribution in [2.24, 2.45) is 7.05 Å². The Kier molecular flexibility index (Phi) is 6.89. The zero-order valence-electron chi connectivity index (χ0n) is 17.3. The Hall–Kier alpha value is -3.73. The van der Waals surface area contributed by atoms with E-state index in [-0.39, 0.29) is 34.3 Å². The summed E-state index contributed by atoms with van der Waals surface area (Å²) < 4.78 is 8.04. The van der Waals surface area contributed by atoms with Gasteiger partial charge < -0.3 is 9.30 Å². The third-order valence-corrected chi connectivity index (χ3v) is 5.08. The van der Waals surface area contributed by atoms with Crippen LogP contribution in [0.4, 0.5) is 5.69 Å². The third kappa shape index (κ3) is 4.78. The number of rotatable bonds is 8. The molecule has 0 amide bonds. The number of nitro groups is 1. The van der Waals surface area contributed by atoms with Gasteiger partial charge in [-0.1, -0.05) is 31.0 Å². The monoisotopic (exact) mass is 461 g/mol. The predicted octanol–water partition coefficient (Wildman–Crippen LogP) is 2.54. The molecule has 0 aliphatic carbocycles. The van der Waals surface area contributed by atoms with E-state index >= 15 is 0 Å². The molecule has 0 saturated heterocycles. The van der Waals surface area contributed by atoms with Crippen LogP contribution in [0.2, 0.25) is 5.02 Å². The maximum atomic E-state index is 12.3. The fraction of sp³-hybridized carbons (Fsp3) is 0.300. The molecule has 0 saturated carbocycles. The van der Waals surface area contributed by atoms with Crippen molar-refractivity contribution in [3.63, 3.8) is 0 Å². The summed E-state index contributed by atoms with van der Waals surface area (Å²) in [6, 6.07) is 4.12. The zero-order valence-corrected chi connectivity index (χ0v) is 18.1. The number of unbranched alkanes of at least 4 members (excludes halogenated alkanes) is 1. The van der Waals surface area contributed by atoms with Crippen LogP contribution >= 0.6 is 11.6 Å². The van der Waals surface area contributed by atoms with E-state index in [4.69, 9.17) is 16.3 Å². The molecule has 2 heterocycles. The molecule has 0 fully saturated rings. The molecule has 12 heteroatoms. The number of carbonyl (C=O) groups excluding carboxylic acids is 1. The molecular formula is C20H20ClN5O6. The lowest BCUT2D eigenvalue weighted by Gasteiger charge is -2.04. The second kappa shape index (κ2) is 9.60. The van der Waals surface area contributed by atoms with Crippen molar-refractivity contribution in [1.29, 1.82) is 0 Å². The van der Waals surface area contributed by atoms with Crippen LogP contribution in [0.3, 0.4) is 0 Å². The molecule has 3 aromatic rings. The van der Waals surface area contributed by atoms with Gasteiger partial charge in [0.15, 0.2) is 11.2 Å². The average Bonchev–Trinajstić information content (AvgIpc) is 3.07. The van der Waals surface area contributed by atoms with Gasteiger partial charge in [0.25, 0.3) is 11.2 Å². The van der Waals surface area contributed by atoms with Crippen LogP contribution in [0.25, 0.3) is 17.2 Å². The number of hydrogen-bond donors (Lipinski definition) is 1. The molecule has 0 aliphatic heterocycles. The van der Waals surface area contributed by atoms with Crippen molar-refractivity contribution in [2.45, 2.75) is 32.9 Å². The SMILES string of the molecule is CCCCn1c(=O)[nH]c(=O)c2c1nc(COC(=O)/C=C/c1ccc(Cl)c([N+](=O)[O-])c1)n2C. The van der Waals surface area contributed by atoms with Crippen LogP contribution in [0.5, 0.6) is 0 Å². The van der Waals surface area contributed by atoms with Crippen molar-refractivity contribution < 1.29 is 14.5 Å². The molecule has 3 rings (SSSR count). The second-order valence-corrected chi connectivity index (χ2v) is 7.34. The Morgan fingerprint density at radius 3 is 2.81 bits per heavy atom. The van der Waals surface area contributed by atoms with Gasteiger partial charge in [0.2, 0.25) is 0 Å². The first-order chi connectivity index (χ1) is 15.2. The van der Waals surface area contributed by atoms with Gasteiger partial charge in [-0.15, -0.1) is 0 Å². The van der Waals surface area contributed by atoms with E-state index in [9.17, 15) is 24.5 Å². The third-order valence-electron chi connectivity index (χ3n) is 4.76. The number of carbonyl (C=O) groups is 1. The Bertz CT molecular complexity index is 1340. The Morgan fingerprint density at radius 1 is 1.38 bits per heavy atom. The topological polar surface area (TPSA) is 142 Å². The quantitative estimate of drug-likeness (QED) is 0.235. The Labute approximate surface area is 186 Å². The molecule has 1 N–H and O–H groups in total. The number of esters is 1. The van der Waals surface area contributed by atoms with Crippen molar-refractivity contribution in [2.75, 3.05) is 0 Å². The summed E-state index contributed by atoms with van der Waals surface area (Å²) in [5.41, 5.74) is -0.568. The summed E-state index contributed by atoms with van der Waals surface area (Å²) in [4.78, 5) is 53.5. The van der Waals surface area contributed by atoms with Crippen LogP contribution in [0, 0.1) is 10.1 Å². The fourth-order valence-corrected chi connectivity index (χ4v) is 3.25. The minimum atomic E-state index is -0.716. The highest BCUT2D eigenvalue weighted by atomic mass is 35.5. The summed E-state index contributed by atoms with van der Waals surface area (Å²) in [6.45, 7) is 2.14. The highest BCUT2D eigenvalue weighted by molar-refractivity contribution is 6.32. The lowest BCUT2D eigenvalue weighted by atomic mass is 10.2. The number of aryl methyl sites for hydroxylation is 2. The van der Waals surface area contributed by atoms with E-state index in [1.54, 1.807) is 7.05 Å². The number of halogens is 1. The molecule has 2 aromatic heterocycles. The van der Waals surface area contributed by atoms with E-state index in [0.29, 0.717) is 12.1 Å². The van der Waals surface area contributed by atoms with Crippen LogP contribution in [-0.2, 0) is 29.7 Å². The Balaban J connectivity index is 1.79. The van der Waals surface area contributed by atoms with Gasteiger partial charge >= 0.3 is 11.7 Å². The molecule has 0 aliphatic rings. The number of nitrogens with zero attached hydrogens (tertiary/aromatic N) is 4. The number of ether oxygens (including phenoxy) is 1. The normalized spacial score (nSPS) is 11.3. The second-order valence-electron chi connectivity index (χ2n) is 6.93. The maximum Gasteiger partial charge on any atom is 0.331 e.